The first-order valence-electron chi connectivity index (χ1n) is 5.32. The summed E-state index contributed by atoms with van der Waals surface area (Å²) in [5.74, 6) is 0.0822. The molecule has 0 heterocycles. The molecule has 0 fully saturated rings. The van der Waals surface area contributed by atoms with Crippen LogP contribution in [0, 0.1) is 5.41 Å². The Hall–Kier alpha value is -0.130. The maximum Gasteiger partial charge on any atom is 0.212 e. The maximum atomic E-state index is 11.5. The number of sulfonamides is 1. The Morgan fingerprint density at radius 2 is 1.87 bits per heavy atom. The van der Waals surface area contributed by atoms with E-state index in [0.29, 0.717) is 6.42 Å². The lowest BCUT2D eigenvalue weighted by Crippen LogP contribution is -2.37. The van der Waals surface area contributed by atoms with E-state index < -0.39 is 16.1 Å². The molecule has 0 bridgehead atoms. The second-order valence-corrected chi connectivity index (χ2v) is 6.92. The van der Waals surface area contributed by atoms with Gasteiger partial charge in [-0.1, -0.05) is 34.1 Å². The van der Waals surface area contributed by atoms with Crippen LogP contribution in [0.15, 0.2) is 0 Å². The van der Waals surface area contributed by atoms with Gasteiger partial charge in [0, 0.05) is 6.54 Å². The predicted octanol–water partition coefficient (Wildman–Crippen LogP) is 1.11. The number of nitrogens with one attached hydrogen (secondary N) is 1. The van der Waals surface area contributed by atoms with Crippen molar-refractivity contribution in [2.45, 2.75) is 46.6 Å². The summed E-state index contributed by atoms with van der Waals surface area (Å²) < 4.78 is 25.5. The average molecular weight is 237 g/mol. The molecule has 15 heavy (non-hydrogen) atoms. The second kappa shape index (κ2) is 5.82. The molecule has 5 heteroatoms. The molecule has 2 N–H and O–H groups in total. The summed E-state index contributed by atoms with van der Waals surface area (Å²) in [7, 11) is -3.26. The summed E-state index contributed by atoms with van der Waals surface area (Å²) >= 11 is 0. The van der Waals surface area contributed by atoms with E-state index in [0.717, 1.165) is 6.42 Å². The van der Waals surface area contributed by atoms with Crippen molar-refractivity contribution in [2.24, 2.45) is 5.41 Å². The molecule has 0 saturated carbocycles. The number of hydrogen-bond acceptors (Lipinski definition) is 3. The minimum absolute atomic E-state index is 0.0822. The summed E-state index contributed by atoms with van der Waals surface area (Å²) in [5.41, 5.74) is -0.262. The highest BCUT2D eigenvalue weighted by atomic mass is 32.2. The molecular formula is C10H23NO3S. The van der Waals surface area contributed by atoms with Crippen molar-refractivity contribution >= 4 is 10.0 Å². The van der Waals surface area contributed by atoms with Crippen LogP contribution in [0.25, 0.3) is 0 Å². The summed E-state index contributed by atoms with van der Waals surface area (Å²) in [6.07, 6.45) is 0.893. The van der Waals surface area contributed by atoms with E-state index in [2.05, 4.69) is 4.72 Å². The zero-order valence-corrected chi connectivity index (χ0v) is 10.9. The van der Waals surface area contributed by atoms with Crippen molar-refractivity contribution in [2.75, 3.05) is 12.3 Å². The molecule has 0 aromatic heterocycles. The minimum Gasteiger partial charge on any atom is -0.392 e. The van der Waals surface area contributed by atoms with Gasteiger partial charge >= 0.3 is 0 Å². The van der Waals surface area contributed by atoms with Gasteiger partial charge in [0.2, 0.25) is 10.0 Å². The highest BCUT2D eigenvalue weighted by Crippen LogP contribution is 2.15. The molecule has 1 unspecified atom stereocenters. The molecule has 4 nitrogen and oxygen atoms in total. The third-order valence-electron chi connectivity index (χ3n) is 1.78. The van der Waals surface area contributed by atoms with E-state index in [-0.39, 0.29) is 17.7 Å². The molecule has 0 aromatic rings. The summed E-state index contributed by atoms with van der Waals surface area (Å²) in [5, 5.41) is 9.38. The molecule has 0 spiro atoms. The molecule has 92 valence electrons. The first-order valence-corrected chi connectivity index (χ1v) is 6.97. The average Bonchev–Trinajstić information content (AvgIpc) is 1.97. The SMILES string of the molecule is CCCC(O)CNS(=O)(=O)CC(C)(C)C. The van der Waals surface area contributed by atoms with Gasteiger partial charge in [-0.3, -0.25) is 0 Å². The van der Waals surface area contributed by atoms with Gasteiger partial charge in [0.05, 0.1) is 11.9 Å². The van der Waals surface area contributed by atoms with Gasteiger partial charge in [-0.25, -0.2) is 13.1 Å². The van der Waals surface area contributed by atoms with Crippen molar-refractivity contribution < 1.29 is 13.5 Å². The number of aliphatic hydroxyl groups excluding tert-OH is 1. The fraction of sp³-hybridized carbons (Fsp3) is 1.00. The van der Waals surface area contributed by atoms with E-state index in [1.165, 1.54) is 0 Å². The van der Waals surface area contributed by atoms with Crippen LogP contribution < -0.4 is 4.72 Å². The van der Waals surface area contributed by atoms with E-state index in [1.54, 1.807) is 0 Å². The quantitative estimate of drug-likeness (QED) is 0.727. The zero-order valence-electron chi connectivity index (χ0n) is 10.1. The zero-order chi connectivity index (χ0) is 12.1. The molecule has 0 aliphatic rings. The van der Waals surface area contributed by atoms with Gasteiger partial charge in [0.1, 0.15) is 0 Å². The van der Waals surface area contributed by atoms with E-state index >= 15 is 0 Å². The molecule has 0 aromatic carbocycles. The Bertz CT molecular complexity index is 267. The van der Waals surface area contributed by atoms with Crippen molar-refractivity contribution in [1.29, 1.82) is 0 Å². The largest absolute Gasteiger partial charge is 0.392 e. The van der Waals surface area contributed by atoms with Crippen molar-refractivity contribution in [3.05, 3.63) is 0 Å². The Labute approximate surface area is 93.1 Å². The molecule has 0 aliphatic heterocycles. The van der Waals surface area contributed by atoms with Gasteiger partial charge in [-0.2, -0.15) is 0 Å². The van der Waals surface area contributed by atoms with Crippen molar-refractivity contribution in [1.82, 2.24) is 4.72 Å². The van der Waals surface area contributed by atoms with Crippen LogP contribution in [0.3, 0.4) is 0 Å². The van der Waals surface area contributed by atoms with Crippen LogP contribution in [0.2, 0.25) is 0 Å². The second-order valence-electron chi connectivity index (χ2n) is 5.11. The van der Waals surface area contributed by atoms with Crippen LogP contribution >= 0.6 is 0 Å². The van der Waals surface area contributed by atoms with Crippen LogP contribution in [-0.4, -0.2) is 31.9 Å². The molecule has 0 amide bonds. The number of hydrogen-bond donors (Lipinski definition) is 2. The van der Waals surface area contributed by atoms with Crippen LogP contribution in [-0.2, 0) is 10.0 Å². The Morgan fingerprint density at radius 3 is 2.27 bits per heavy atom. The number of aliphatic hydroxyl groups is 1. The van der Waals surface area contributed by atoms with E-state index in [4.69, 9.17) is 0 Å². The van der Waals surface area contributed by atoms with Crippen molar-refractivity contribution in [3.8, 4) is 0 Å². The highest BCUT2D eigenvalue weighted by molar-refractivity contribution is 7.89. The smallest absolute Gasteiger partial charge is 0.212 e. The summed E-state index contributed by atoms with van der Waals surface area (Å²) in [4.78, 5) is 0. The van der Waals surface area contributed by atoms with Gasteiger partial charge in [0.15, 0.2) is 0 Å². The minimum atomic E-state index is -3.26. The lowest BCUT2D eigenvalue weighted by atomic mass is 10.0. The molecule has 0 saturated heterocycles. The molecule has 0 radical (unpaired) electrons. The van der Waals surface area contributed by atoms with Crippen molar-refractivity contribution in [3.63, 3.8) is 0 Å². The van der Waals surface area contributed by atoms with Crippen LogP contribution in [0.1, 0.15) is 40.5 Å². The monoisotopic (exact) mass is 237 g/mol. The first-order chi connectivity index (χ1) is 6.66. The van der Waals surface area contributed by atoms with Gasteiger partial charge < -0.3 is 5.11 Å². The lowest BCUT2D eigenvalue weighted by Gasteiger charge is -2.19. The molecule has 0 rings (SSSR count). The van der Waals surface area contributed by atoms with Crippen LogP contribution in [0.4, 0.5) is 0 Å². The summed E-state index contributed by atoms with van der Waals surface area (Å²) in [6.45, 7) is 7.68. The van der Waals surface area contributed by atoms with Gasteiger partial charge in [-0.15, -0.1) is 0 Å². The molecule has 0 aliphatic carbocycles. The molecular weight excluding hydrogens is 214 g/mol. The Kier molecular flexibility index (Phi) is 5.77. The standard InChI is InChI=1S/C10H23NO3S/c1-5-6-9(12)7-11-15(13,14)8-10(2,3)4/h9,11-12H,5-8H2,1-4H3. The fourth-order valence-electron chi connectivity index (χ4n) is 1.28. The van der Waals surface area contributed by atoms with E-state index in [9.17, 15) is 13.5 Å². The Balaban J connectivity index is 4.06. The Morgan fingerprint density at radius 1 is 1.33 bits per heavy atom. The van der Waals surface area contributed by atoms with Gasteiger partial charge in [0.25, 0.3) is 0 Å². The lowest BCUT2D eigenvalue weighted by molar-refractivity contribution is 0.167. The number of rotatable bonds is 6. The first kappa shape index (κ1) is 14.9. The predicted molar refractivity (Wildman–Crippen MR) is 62.2 cm³/mol. The topological polar surface area (TPSA) is 66.4 Å². The third kappa shape index (κ3) is 8.84. The summed E-state index contributed by atoms with van der Waals surface area (Å²) in [6, 6.07) is 0. The van der Waals surface area contributed by atoms with Crippen LogP contribution in [0.5, 0.6) is 0 Å². The fourth-order valence-corrected chi connectivity index (χ4v) is 2.97. The van der Waals surface area contributed by atoms with Gasteiger partial charge in [-0.05, 0) is 11.8 Å². The third-order valence-corrected chi connectivity index (χ3v) is 3.64. The normalized spacial score (nSPS) is 15.3. The highest BCUT2D eigenvalue weighted by Gasteiger charge is 2.21. The molecule has 1 atom stereocenters. The maximum absolute atomic E-state index is 11.5. The van der Waals surface area contributed by atoms with E-state index in [1.807, 2.05) is 27.7 Å².